The number of rotatable bonds is 5. The van der Waals surface area contributed by atoms with Crippen LogP contribution < -0.4 is 0 Å². The highest BCUT2D eigenvalue weighted by Gasteiger charge is 2.32. The quantitative estimate of drug-likeness (QED) is 0.831. The van der Waals surface area contributed by atoms with Crippen molar-refractivity contribution in [1.82, 2.24) is 4.90 Å². The predicted octanol–water partition coefficient (Wildman–Crippen LogP) is 3.54. The average molecular weight is 291 g/mol. The monoisotopic (exact) mass is 291 g/mol. The fraction of sp³-hybridized carbons (Fsp3) is 0.562. The van der Waals surface area contributed by atoms with Crippen LogP contribution in [0.2, 0.25) is 0 Å². The lowest BCUT2D eigenvalue weighted by Crippen LogP contribution is -2.51. The summed E-state index contributed by atoms with van der Waals surface area (Å²) in [5.74, 6) is 1.87. The summed E-state index contributed by atoms with van der Waals surface area (Å²) >= 11 is 2.09. The minimum Gasteiger partial charge on any atom is -0.445 e. The van der Waals surface area contributed by atoms with Gasteiger partial charge >= 0.3 is 6.09 Å². The zero-order valence-corrected chi connectivity index (χ0v) is 12.5. The molecule has 1 saturated carbocycles. The van der Waals surface area contributed by atoms with Crippen molar-refractivity contribution in [3.05, 3.63) is 35.9 Å². The number of benzene rings is 1. The van der Waals surface area contributed by atoms with Crippen LogP contribution in [0.3, 0.4) is 0 Å². The molecule has 3 nitrogen and oxygen atoms in total. The minimum atomic E-state index is -0.168. The molecule has 1 aromatic carbocycles. The lowest BCUT2D eigenvalue weighted by Gasteiger charge is -2.39. The van der Waals surface area contributed by atoms with Gasteiger partial charge in [0.25, 0.3) is 0 Å². The summed E-state index contributed by atoms with van der Waals surface area (Å²) in [6, 6.07) is 9.83. The van der Waals surface area contributed by atoms with Gasteiger partial charge in [-0.1, -0.05) is 36.8 Å². The Hall–Kier alpha value is -1.16. The lowest BCUT2D eigenvalue weighted by atomic mass is 10.00. The van der Waals surface area contributed by atoms with E-state index >= 15 is 0 Å². The summed E-state index contributed by atoms with van der Waals surface area (Å²) in [5, 5.41) is 0.897. The van der Waals surface area contributed by atoms with Gasteiger partial charge in [-0.3, -0.25) is 0 Å². The molecule has 1 heterocycles. The Morgan fingerprint density at radius 1 is 1.25 bits per heavy atom. The van der Waals surface area contributed by atoms with Gasteiger partial charge in [0.15, 0.2) is 0 Å². The van der Waals surface area contributed by atoms with Crippen molar-refractivity contribution in [3.8, 4) is 0 Å². The van der Waals surface area contributed by atoms with Gasteiger partial charge in [-0.25, -0.2) is 4.79 Å². The van der Waals surface area contributed by atoms with Crippen molar-refractivity contribution in [1.29, 1.82) is 0 Å². The zero-order valence-electron chi connectivity index (χ0n) is 11.7. The number of hydrogen-bond acceptors (Lipinski definition) is 3. The smallest absolute Gasteiger partial charge is 0.410 e. The highest BCUT2D eigenvalue weighted by molar-refractivity contribution is 7.99. The normalized spacial score (nSPS) is 19.3. The van der Waals surface area contributed by atoms with Gasteiger partial charge in [-0.15, -0.1) is 0 Å². The molecule has 2 aliphatic rings. The van der Waals surface area contributed by atoms with Crippen molar-refractivity contribution in [3.63, 3.8) is 0 Å². The number of amides is 1. The number of thioether (sulfide) groups is 1. The summed E-state index contributed by atoms with van der Waals surface area (Å²) in [6.07, 6.45) is 4.01. The van der Waals surface area contributed by atoms with Crippen LogP contribution in [0.5, 0.6) is 0 Å². The van der Waals surface area contributed by atoms with Crippen LogP contribution in [-0.2, 0) is 11.3 Å². The third kappa shape index (κ3) is 3.48. The maximum absolute atomic E-state index is 11.8. The maximum Gasteiger partial charge on any atom is 0.410 e. The fourth-order valence-corrected chi connectivity index (χ4v) is 3.87. The van der Waals surface area contributed by atoms with E-state index in [0.717, 1.165) is 23.9 Å². The molecule has 0 aromatic heterocycles. The Morgan fingerprint density at radius 3 is 2.65 bits per heavy atom. The Morgan fingerprint density at radius 2 is 2.00 bits per heavy atom. The molecule has 0 unspecified atom stereocenters. The third-order valence-corrected chi connectivity index (χ3v) is 5.65. The second kappa shape index (κ2) is 6.53. The van der Waals surface area contributed by atoms with Crippen molar-refractivity contribution in [2.24, 2.45) is 5.92 Å². The van der Waals surface area contributed by atoms with Gasteiger partial charge in [0.2, 0.25) is 0 Å². The molecule has 0 radical (unpaired) electrons. The molecule has 0 atom stereocenters. The van der Waals surface area contributed by atoms with E-state index in [9.17, 15) is 4.79 Å². The van der Waals surface area contributed by atoms with E-state index in [1.54, 1.807) is 0 Å². The number of nitrogens with zero attached hydrogens (tertiary/aromatic N) is 1. The van der Waals surface area contributed by atoms with Gasteiger partial charge in [-0.2, -0.15) is 11.8 Å². The molecule has 1 amide bonds. The molecule has 1 saturated heterocycles. The van der Waals surface area contributed by atoms with Crippen molar-refractivity contribution < 1.29 is 9.53 Å². The highest BCUT2D eigenvalue weighted by atomic mass is 32.2. The van der Waals surface area contributed by atoms with Crippen LogP contribution in [0.25, 0.3) is 0 Å². The SMILES string of the molecule is O=C(OCc1ccccc1)N1CC(CSC2CCC2)C1. The molecular weight excluding hydrogens is 270 g/mol. The molecule has 0 spiro atoms. The van der Waals surface area contributed by atoms with E-state index in [1.807, 2.05) is 35.2 Å². The first-order chi connectivity index (χ1) is 9.81. The lowest BCUT2D eigenvalue weighted by molar-refractivity contribution is 0.0553. The van der Waals surface area contributed by atoms with Crippen molar-refractivity contribution in [2.75, 3.05) is 18.8 Å². The van der Waals surface area contributed by atoms with E-state index in [2.05, 4.69) is 11.8 Å². The summed E-state index contributed by atoms with van der Waals surface area (Å²) in [7, 11) is 0. The summed E-state index contributed by atoms with van der Waals surface area (Å²) in [6.45, 7) is 2.11. The minimum absolute atomic E-state index is 0.168. The number of ether oxygens (including phenoxy) is 1. The molecule has 20 heavy (non-hydrogen) atoms. The largest absolute Gasteiger partial charge is 0.445 e. The Balaban J connectivity index is 1.31. The van der Waals surface area contributed by atoms with Gasteiger partial charge in [-0.05, 0) is 24.2 Å². The second-order valence-electron chi connectivity index (χ2n) is 5.70. The molecule has 108 valence electrons. The van der Waals surface area contributed by atoms with Crippen LogP contribution >= 0.6 is 11.8 Å². The van der Waals surface area contributed by atoms with Crippen molar-refractivity contribution in [2.45, 2.75) is 31.1 Å². The Bertz CT molecular complexity index is 441. The predicted molar refractivity (Wildman–Crippen MR) is 81.8 cm³/mol. The Labute approximate surface area is 124 Å². The van der Waals surface area contributed by atoms with Gasteiger partial charge in [0, 0.05) is 24.3 Å². The molecular formula is C16H21NO2S. The van der Waals surface area contributed by atoms with Crippen LogP contribution in [0.4, 0.5) is 4.79 Å². The van der Waals surface area contributed by atoms with Crippen LogP contribution in [0.15, 0.2) is 30.3 Å². The topological polar surface area (TPSA) is 29.5 Å². The van der Waals surface area contributed by atoms with E-state index in [-0.39, 0.29) is 6.09 Å². The number of carbonyl (C=O) groups excluding carboxylic acids is 1. The van der Waals surface area contributed by atoms with Gasteiger partial charge < -0.3 is 9.64 Å². The summed E-state index contributed by atoms with van der Waals surface area (Å²) in [4.78, 5) is 13.7. The molecule has 1 aliphatic heterocycles. The molecule has 4 heteroatoms. The summed E-state index contributed by atoms with van der Waals surface area (Å²) < 4.78 is 5.32. The number of likely N-dealkylation sites (tertiary alicyclic amines) is 1. The van der Waals surface area contributed by atoms with Crippen molar-refractivity contribution >= 4 is 17.9 Å². The van der Waals surface area contributed by atoms with Crippen LogP contribution in [0, 0.1) is 5.92 Å². The fourth-order valence-electron chi connectivity index (χ4n) is 2.44. The molecule has 0 bridgehead atoms. The van der Waals surface area contributed by atoms with E-state index in [1.165, 1.54) is 25.0 Å². The number of hydrogen-bond donors (Lipinski definition) is 0. The molecule has 2 fully saturated rings. The third-order valence-electron chi connectivity index (χ3n) is 4.04. The molecule has 0 N–H and O–H groups in total. The zero-order chi connectivity index (χ0) is 13.8. The summed E-state index contributed by atoms with van der Waals surface area (Å²) in [5.41, 5.74) is 1.04. The standard InChI is InChI=1S/C16H21NO2S/c18-16(19-11-13-5-2-1-3-6-13)17-9-14(10-17)12-20-15-7-4-8-15/h1-3,5-6,14-15H,4,7-12H2. The molecule has 1 aromatic rings. The van der Waals surface area contributed by atoms with Crippen LogP contribution in [-0.4, -0.2) is 35.1 Å². The first-order valence-corrected chi connectivity index (χ1v) is 8.43. The molecule has 3 rings (SSSR count). The van der Waals surface area contributed by atoms with E-state index in [4.69, 9.17) is 4.74 Å². The first-order valence-electron chi connectivity index (χ1n) is 7.38. The number of carbonyl (C=O) groups is 1. The first kappa shape index (κ1) is 13.8. The van der Waals surface area contributed by atoms with Crippen LogP contribution in [0.1, 0.15) is 24.8 Å². The molecule has 1 aliphatic carbocycles. The van der Waals surface area contributed by atoms with Gasteiger partial charge in [0.05, 0.1) is 0 Å². The second-order valence-corrected chi connectivity index (χ2v) is 7.03. The Kier molecular flexibility index (Phi) is 4.51. The maximum atomic E-state index is 11.8. The highest BCUT2D eigenvalue weighted by Crippen LogP contribution is 2.33. The van der Waals surface area contributed by atoms with E-state index in [0.29, 0.717) is 12.5 Å². The average Bonchev–Trinajstić information content (AvgIpc) is 2.38. The van der Waals surface area contributed by atoms with E-state index < -0.39 is 0 Å². The van der Waals surface area contributed by atoms with Gasteiger partial charge in [0.1, 0.15) is 6.61 Å².